The van der Waals surface area contributed by atoms with Gasteiger partial charge in [0.15, 0.2) is 0 Å². The van der Waals surface area contributed by atoms with Crippen LogP contribution in [0.4, 0.5) is 4.39 Å². The van der Waals surface area contributed by atoms with Crippen LogP contribution >= 0.6 is 0 Å². The van der Waals surface area contributed by atoms with Crippen LogP contribution in [0, 0.1) is 18.7 Å². The van der Waals surface area contributed by atoms with Crippen molar-refractivity contribution in [3.8, 4) is 0 Å². The molecule has 1 aromatic carbocycles. The lowest BCUT2D eigenvalue weighted by Crippen LogP contribution is -2.26. The largest absolute Gasteiger partial charge is 0.396 e. The lowest BCUT2D eigenvalue weighted by molar-refractivity contribution is 0.220. The lowest BCUT2D eigenvalue weighted by Gasteiger charge is -2.19. The first-order valence-corrected chi connectivity index (χ1v) is 6.95. The Bertz CT molecular complexity index is 425. The molecule has 1 aliphatic rings. The van der Waals surface area contributed by atoms with Crippen LogP contribution in [0.15, 0.2) is 18.2 Å². The number of hydrogen-bond acceptors (Lipinski definition) is 3. The molecule has 1 fully saturated rings. The van der Waals surface area contributed by atoms with Crippen molar-refractivity contribution in [3.05, 3.63) is 35.1 Å². The number of hydrogen-bond donors (Lipinski definition) is 2. The monoisotopic (exact) mass is 266 g/mol. The molecule has 0 radical (unpaired) electrons. The van der Waals surface area contributed by atoms with E-state index in [0.29, 0.717) is 11.5 Å². The van der Waals surface area contributed by atoms with E-state index in [1.165, 1.54) is 0 Å². The highest BCUT2D eigenvalue weighted by Crippen LogP contribution is 2.20. The number of aryl methyl sites for hydroxylation is 1. The van der Waals surface area contributed by atoms with Crippen molar-refractivity contribution in [2.24, 2.45) is 11.7 Å². The second-order valence-corrected chi connectivity index (χ2v) is 5.54. The van der Waals surface area contributed by atoms with Gasteiger partial charge >= 0.3 is 0 Å². The minimum atomic E-state index is -0.186. The second-order valence-electron chi connectivity index (χ2n) is 5.54. The molecule has 0 saturated carbocycles. The molecule has 0 spiro atoms. The summed E-state index contributed by atoms with van der Waals surface area (Å²) in [6.07, 6.45) is 1.88. The first-order chi connectivity index (χ1) is 9.10. The van der Waals surface area contributed by atoms with Gasteiger partial charge in [0.2, 0.25) is 0 Å². The molecule has 106 valence electrons. The van der Waals surface area contributed by atoms with E-state index in [9.17, 15) is 4.39 Å². The zero-order valence-electron chi connectivity index (χ0n) is 11.5. The van der Waals surface area contributed by atoms with Crippen molar-refractivity contribution < 1.29 is 9.50 Å². The molecule has 1 aromatic rings. The maximum atomic E-state index is 13.5. The van der Waals surface area contributed by atoms with Crippen molar-refractivity contribution in [2.45, 2.75) is 25.8 Å². The van der Waals surface area contributed by atoms with E-state index in [1.807, 2.05) is 6.07 Å². The number of nitrogens with two attached hydrogens (primary N) is 1. The van der Waals surface area contributed by atoms with Crippen LogP contribution < -0.4 is 5.73 Å². The number of nitrogens with zero attached hydrogens (tertiary/aromatic N) is 1. The third kappa shape index (κ3) is 3.75. The Morgan fingerprint density at radius 3 is 2.95 bits per heavy atom. The molecule has 0 aliphatic carbocycles. The van der Waals surface area contributed by atoms with E-state index < -0.39 is 0 Å². The van der Waals surface area contributed by atoms with Crippen LogP contribution in [0.1, 0.15) is 30.0 Å². The minimum Gasteiger partial charge on any atom is -0.396 e. The SMILES string of the molecule is Cc1ccc(C(N)CCN2CCC(CO)C2)cc1F. The molecule has 2 atom stereocenters. The van der Waals surface area contributed by atoms with E-state index in [4.69, 9.17) is 10.8 Å². The maximum absolute atomic E-state index is 13.5. The van der Waals surface area contributed by atoms with E-state index in [1.54, 1.807) is 19.1 Å². The quantitative estimate of drug-likeness (QED) is 0.855. The van der Waals surface area contributed by atoms with Gasteiger partial charge in [-0.3, -0.25) is 0 Å². The van der Waals surface area contributed by atoms with Crippen LogP contribution in [-0.4, -0.2) is 36.2 Å². The van der Waals surface area contributed by atoms with Crippen molar-refractivity contribution >= 4 is 0 Å². The molecule has 1 heterocycles. The fraction of sp³-hybridized carbons (Fsp3) is 0.600. The molecule has 1 saturated heterocycles. The fourth-order valence-corrected chi connectivity index (χ4v) is 2.59. The summed E-state index contributed by atoms with van der Waals surface area (Å²) in [5.41, 5.74) is 7.63. The van der Waals surface area contributed by atoms with E-state index in [0.717, 1.165) is 38.0 Å². The van der Waals surface area contributed by atoms with Crippen molar-refractivity contribution in [1.82, 2.24) is 4.90 Å². The molecular weight excluding hydrogens is 243 g/mol. The summed E-state index contributed by atoms with van der Waals surface area (Å²) < 4.78 is 13.5. The summed E-state index contributed by atoms with van der Waals surface area (Å²) >= 11 is 0. The molecular formula is C15H23FN2O. The highest BCUT2D eigenvalue weighted by Gasteiger charge is 2.21. The van der Waals surface area contributed by atoms with Gasteiger partial charge in [0.1, 0.15) is 5.82 Å². The Morgan fingerprint density at radius 2 is 2.32 bits per heavy atom. The van der Waals surface area contributed by atoms with E-state index in [2.05, 4.69) is 4.90 Å². The predicted molar refractivity (Wildman–Crippen MR) is 74.3 cm³/mol. The molecule has 19 heavy (non-hydrogen) atoms. The Hall–Kier alpha value is -0.970. The molecule has 0 bridgehead atoms. The highest BCUT2D eigenvalue weighted by molar-refractivity contribution is 5.25. The smallest absolute Gasteiger partial charge is 0.126 e. The lowest BCUT2D eigenvalue weighted by atomic mass is 10.0. The standard InChI is InChI=1S/C15H23FN2O/c1-11-2-3-13(8-14(11)16)15(17)5-7-18-6-4-12(9-18)10-19/h2-3,8,12,15,19H,4-7,9-10,17H2,1H3. The molecule has 2 rings (SSSR count). The van der Waals surface area contributed by atoms with Gasteiger partial charge in [-0.25, -0.2) is 4.39 Å². The Balaban J connectivity index is 1.84. The van der Waals surface area contributed by atoms with Crippen LogP contribution in [-0.2, 0) is 0 Å². The molecule has 2 unspecified atom stereocenters. The van der Waals surface area contributed by atoms with Crippen molar-refractivity contribution in [3.63, 3.8) is 0 Å². The Labute approximate surface area is 114 Å². The Kier molecular flexibility index (Phi) is 4.91. The average molecular weight is 266 g/mol. The summed E-state index contributed by atoms with van der Waals surface area (Å²) in [6.45, 7) is 4.91. The van der Waals surface area contributed by atoms with Gasteiger partial charge < -0.3 is 15.7 Å². The summed E-state index contributed by atoms with van der Waals surface area (Å²) in [4.78, 5) is 2.32. The predicted octanol–water partition coefficient (Wildman–Crippen LogP) is 1.84. The molecule has 4 heteroatoms. The van der Waals surface area contributed by atoms with Gasteiger partial charge in [-0.05, 0) is 56.0 Å². The van der Waals surface area contributed by atoms with Gasteiger partial charge in [-0.15, -0.1) is 0 Å². The van der Waals surface area contributed by atoms with Crippen LogP contribution in [0.3, 0.4) is 0 Å². The second kappa shape index (κ2) is 6.46. The van der Waals surface area contributed by atoms with Gasteiger partial charge in [0.25, 0.3) is 0 Å². The molecule has 3 N–H and O–H groups in total. The summed E-state index contributed by atoms with van der Waals surface area (Å²) in [5.74, 6) is 0.225. The molecule has 0 amide bonds. The number of benzene rings is 1. The molecule has 3 nitrogen and oxygen atoms in total. The van der Waals surface area contributed by atoms with E-state index >= 15 is 0 Å². The van der Waals surface area contributed by atoms with Crippen molar-refractivity contribution in [2.75, 3.05) is 26.2 Å². The van der Waals surface area contributed by atoms with Gasteiger partial charge in [-0.2, -0.15) is 0 Å². The number of likely N-dealkylation sites (tertiary alicyclic amines) is 1. The summed E-state index contributed by atoms with van der Waals surface area (Å²) in [6, 6.07) is 5.11. The van der Waals surface area contributed by atoms with Gasteiger partial charge in [-0.1, -0.05) is 12.1 Å². The molecule has 1 aliphatic heterocycles. The van der Waals surface area contributed by atoms with E-state index in [-0.39, 0.29) is 18.5 Å². The first kappa shape index (κ1) is 14.4. The third-order valence-electron chi connectivity index (χ3n) is 4.01. The third-order valence-corrected chi connectivity index (χ3v) is 4.01. The number of aliphatic hydroxyl groups is 1. The number of aliphatic hydroxyl groups excluding tert-OH is 1. The Morgan fingerprint density at radius 1 is 1.53 bits per heavy atom. The maximum Gasteiger partial charge on any atom is 0.126 e. The molecule has 0 aromatic heterocycles. The summed E-state index contributed by atoms with van der Waals surface area (Å²) in [5, 5.41) is 9.10. The zero-order valence-corrected chi connectivity index (χ0v) is 11.5. The van der Waals surface area contributed by atoms with Crippen LogP contribution in [0.25, 0.3) is 0 Å². The summed E-state index contributed by atoms with van der Waals surface area (Å²) in [7, 11) is 0. The van der Waals surface area contributed by atoms with Gasteiger partial charge in [0, 0.05) is 19.2 Å². The van der Waals surface area contributed by atoms with Crippen molar-refractivity contribution in [1.29, 1.82) is 0 Å². The minimum absolute atomic E-state index is 0.122. The normalized spacial score (nSPS) is 21.8. The van der Waals surface area contributed by atoms with Gasteiger partial charge in [0.05, 0.1) is 0 Å². The average Bonchev–Trinajstić information content (AvgIpc) is 2.87. The fourth-order valence-electron chi connectivity index (χ4n) is 2.59. The number of rotatable bonds is 5. The van der Waals surface area contributed by atoms with Crippen LogP contribution in [0.2, 0.25) is 0 Å². The highest BCUT2D eigenvalue weighted by atomic mass is 19.1. The van der Waals surface area contributed by atoms with Crippen LogP contribution in [0.5, 0.6) is 0 Å². The topological polar surface area (TPSA) is 49.5 Å². The zero-order chi connectivity index (χ0) is 13.8. The number of halogens is 1. The first-order valence-electron chi connectivity index (χ1n) is 6.95.